The maximum atomic E-state index is 12.2. The van der Waals surface area contributed by atoms with Gasteiger partial charge in [-0.15, -0.1) is 17.0 Å². The molecule has 1 amide bonds. The zero-order valence-electron chi connectivity index (χ0n) is 18.7. The summed E-state index contributed by atoms with van der Waals surface area (Å²) < 4.78 is 0. The van der Waals surface area contributed by atoms with Gasteiger partial charge in [0.25, 0.3) is 5.91 Å². The molecule has 0 spiro atoms. The van der Waals surface area contributed by atoms with E-state index in [1.165, 1.54) is 57.4 Å². The molecule has 0 fully saturated rings. The highest BCUT2D eigenvalue weighted by molar-refractivity contribution is 8.93. The topological polar surface area (TPSA) is 75.3 Å². The fourth-order valence-corrected chi connectivity index (χ4v) is 3.84. The first-order valence-electron chi connectivity index (χ1n) is 11.2. The van der Waals surface area contributed by atoms with E-state index >= 15 is 0 Å². The molecule has 0 saturated carbocycles. The lowest BCUT2D eigenvalue weighted by atomic mass is 9.85. The monoisotopic (exact) mass is 470 g/mol. The van der Waals surface area contributed by atoms with Crippen molar-refractivity contribution in [2.75, 3.05) is 6.54 Å². The lowest BCUT2D eigenvalue weighted by Crippen LogP contribution is -2.34. The van der Waals surface area contributed by atoms with Gasteiger partial charge in [-0.25, -0.2) is 0 Å². The summed E-state index contributed by atoms with van der Waals surface area (Å²) in [5.41, 5.74) is 6.46. The summed E-state index contributed by atoms with van der Waals surface area (Å²) in [4.78, 5) is 12.2. The standard InChI is InChI=1S/C24H42N2O2.BrH/c1-4-5-6-7-8-9-10-14-20(19-24(2,3)25)15-13-18-26-23(28)21-16-11-12-17-22(21)27;/h11-12,16-17,20,27H,4-10,13-15,18-19,25H2,1-3H3,(H,26,28);1H. The van der Waals surface area contributed by atoms with Gasteiger partial charge in [-0.1, -0.05) is 70.4 Å². The number of amides is 1. The van der Waals surface area contributed by atoms with Gasteiger partial charge in [0, 0.05) is 12.1 Å². The highest BCUT2D eigenvalue weighted by atomic mass is 79.9. The van der Waals surface area contributed by atoms with E-state index in [1.807, 2.05) is 0 Å². The Labute approximate surface area is 188 Å². The van der Waals surface area contributed by atoms with Gasteiger partial charge in [-0.2, -0.15) is 0 Å². The van der Waals surface area contributed by atoms with E-state index in [0.29, 0.717) is 18.0 Å². The van der Waals surface area contributed by atoms with Gasteiger partial charge in [0.2, 0.25) is 0 Å². The van der Waals surface area contributed by atoms with Gasteiger partial charge in [0.1, 0.15) is 5.75 Å². The molecule has 0 saturated heterocycles. The third kappa shape index (κ3) is 13.7. The molecule has 1 rings (SSSR count). The van der Waals surface area contributed by atoms with Gasteiger partial charge < -0.3 is 16.2 Å². The zero-order chi connectivity index (χ0) is 20.8. The number of aromatic hydroxyl groups is 1. The van der Waals surface area contributed by atoms with E-state index in [9.17, 15) is 9.90 Å². The first kappa shape index (κ1) is 27.9. The number of unbranched alkanes of at least 4 members (excludes halogenated alkanes) is 6. The minimum absolute atomic E-state index is 0. The Balaban J connectivity index is 0.00000784. The highest BCUT2D eigenvalue weighted by Crippen LogP contribution is 2.25. The van der Waals surface area contributed by atoms with Crippen LogP contribution in [-0.4, -0.2) is 23.1 Å². The minimum Gasteiger partial charge on any atom is -0.507 e. The van der Waals surface area contributed by atoms with Crippen LogP contribution in [0.5, 0.6) is 5.75 Å². The van der Waals surface area contributed by atoms with Gasteiger partial charge in [0.05, 0.1) is 5.56 Å². The molecule has 0 aliphatic rings. The number of hydrogen-bond acceptors (Lipinski definition) is 3. The molecule has 29 heavy (non-hydrogen) atoms. The molecule has 5 heteroatoms. The number of carbonyl (C=O) groups excluding carboxylic acids is 1. The van der Waals surface area contributed by atoms with Crippen LogP contribution in [0.1, 0.15) is 102 Å². The molecule has 0 aromatic heterocycles. The maximum Gasteiger partial charge on any atom is 0.255 e. The third-order valence-electron chi connectivity index (χ3n) is 5.25. The molecule has 1 atom stereocenters. The van der Waals surface area contributed by atoms with Crippen LogP contribution >= 0.6 is 17.0 Å². The Morgan fingerprint density at radius 1 is 1.03 bits per heavy atom. The summed E-state index contributed by atoms with van der Waals surface area (Å²) >= 11 is 0. The van der Waals surface area contributed by atoms with Gasteiger partial charge >= 0.3 is 0 Å². The van der Waals surface area contributed by atoms with E-state index in [1.54, 1.807) is 18.2 Å². The molecule has 0 aliphatic heterocycles. The van der Waals surface area contributed by atoms with Crippen molar-refractivity contribution < 1.29 is 9.90 Å². The van der Waals surface area contributed by atoms with E-state index in [-0.39, 0.29) is 34.2 Å². The van der Waals surface area contributed by atoms with Crippen LogP contribution in [0.4, 0.5) is 0 Å². The molecule has 4 nitrogen and oxygen atoms in total. The van der Waals surface area contributed by atoms with Crippen LogP contribution in [0.2, 0.25) is 0 Å². The van der Waals surface area contributed by atoms with Crippen molar-refractivity contribution in [3.8, 4) is 5.75 Å². The van der Waals surface area contributed by atoms with E-state index in [0.717, 1.165) is 19.3 Å². The second kappa shape index (κ2) is 15.7. The summed E-state index contributed by atoms with van der Waals surface area (Å²) in [5, 5.41) is 12.7. The first-order valence-corrected chi connectivity index (χ1v) is 11.2. The van der Waals surface area contributed by atoms with Crippen molar-refractivity contribution in [2.24, 2.45) is 11.7 Å². The van der Waals surface area contributed by atoms with Gasteiger partial charge in [0.15, 0.2) is 0 Å². The van der Waals surface area contributed by atoms with Crippen molar-refractivity contribution in [1.29, 1.82) is 0 Å². The largest absolute Gasteiger partial charge is 0.507 e. The number of phenols is 1. The number of phenolic OH excluding ortho intramolecular Hbond substituents is 1. The van der Waals surface area contributed by atoms with Crippen LogP contribution in [0, 0.1) is 5.92 Å². The normalized spacial score (nSPS) is 12.3. The number of rotatable bonds is 15. The van der Waals surface area contributed by atoms with Crippen molar-refractivity contribution >= 4 is 22.9 Å². The fraction of sp³-hybridized carbons (Fsp3) is 0.708. The predicted octanol–water partition coefficient (Wildman–Crippen LogP) is 6.36. The number of halogens is 1. The molecule has 0 aliphatic carbocycles. The Bertz CT molecular complexity index is 558. The van der Waals surface area contributed by atoms with Crippen molar-refractivity contribution in [2.45, 2.75) is 96.9 Å². The molecule has 0 radical (unpaired) electrons. The summed E-state index contributed by atoms with van der Waals surface area (Å²) in [6, 6.07) is 6.66. The molecule has 0 bridgehead atoms. The fourth-order valence-electron chi connectivity index (χ4n) is 3.84. The highest BCUT2D eigenvalue weighted by Gasteiger charge is 2.19. The second-order valence-corrected chi connectivity index (χ2v) is 8.88. The summed E-state index contributed by atoms with van der Waals surface area (Å²) in [6.45, 7) is 7.09. The summed E-state index contributed by atoms with van der Waals surface area (Å²) in [5.74, 6) is 0.431. The predicted molar refractivity (Wildman–Crippen MR) is 129 cm³/mol. The van der Waals surface area contributed by atoms with E-state index in [4.69, 9.17) is 5.73 Å². The Hall–Kier alpha value is -1.07. The lowest BCUT2D eigenvalue weighted by molar-refractivity contribution is 0.0949. The van der Waals surface area contributed by atoms with E-state index in [2.05, 4.69) is 26.1 Å². The van der Waals surface area contributed by atoms with Gasteiger partial charge in [-0.3, -0.25) is 4.79 Å². The average Bonchev–Trinajstić information content (AvgIpc) is 2.63. The number of benzene rings is 1. The Morgan fingerprint density at radius 3 is 2.24 bits per heavy atom. The van der Waals surface area contributed by atoms with Crippen molar-refractivity contribution in [3.63, 3.8) is 0 Å². The molecule has 1 aromatic carbocycles. The number of carbonyl (C=O) groups is 1. The van der Waals surface area contributed by atoms with Crippen LogP contribution in [0.3, 0.4) is 0 Å². The van der Waals surface area contributed by atoms with Crippen LogP contribution in [-0.2, 0) is 0 Å². The molecule has 1 aromatic rings. The number of hydrogen-bond donors (Lipinski definition) is 3. The van der Waals surface area contributed by atoms with Gasteiger partial charge in [-0.05, 0) is 51.2 Å². The first-order chi connectivity index (χ1) is 13.3. The second-order valence-electron chi connectivity index (χ2n) is 8.88. The Kier molecular flexibility index (Phi) is 15.1. The molecular weight excluding hydrogens is 428 g/mol. The maximum absolute atomic E-state index is 12.2. The smallest absolute Gasteiger partial charge is 0.255 e. The van der Waals surface area contributed by atoms with Crippen molar-refractivity contribution in [3.05, 3.63) is 29.8 Å². The third-order valence-corrected chi connectivity index (χ3v) is 5.25. The molecule has 0 heterocycles. The SMILES string of the molecule is Br.CCCCCCCCCC(CCCNC(=O)c1ccccc1O)CC(C)(C)N. The van der Waals surface area contributed by atoms with Crippen molar-refractivity contribution in [1.82, 2.24) is 5.32 Å². The zero-order valence-corrected chi connectivity index (χ0v) is 20.4. The van der Waals surface area contributed by atoms with E-state index < -0.39 is 0 Å². The number of nitrogens with one attached hydrogen (secondary N) is 1. The molecule has 4 N–H and O–H groups in total. The Morgan fingerprint density at radius 2 is 1.62 bits per heavy atom. The number of para-hydroxylation sites is 1. The lowest BCUT2D eigenvalue weighted by Gasteiger charge is -2.26. The van der Waals surface area contributed by atoms with Crippen LogP contribution in [0.25, 0.3) is 0 Å². The van der Waals surface area contributed by atoms with Crippen LogP contribution < -0.4 is 11.1 Å². The summed E-state index contributed by atoms with van der Waals surface area (Å²) in [6.07, 6.45) is 13.6. The molecule has 1 unspecified atom stereocenters. The number of nitrogens with two attached hydrogens (primary N) is 1. The molecular formula is C24H43BrN2O2. The molecule has 168 valence electrons. The summed E-state index contributed by atoms with van der Waals surface area (Å²) in [7, 11) is 0. The quantitative estimate of drug-likeness (QED) is 0.260. The minimum atomic E-state index is -0.208. The average molecular weight is 472 g/mol. The van der Waals surface area contributed by atoms with Crippen LogP contribution in [0.15, 0.2) is 24.3 Å².